The lowest BCUT2D eigenvalue weighted by atomic mass is 9.85. The second-order valence-corrected chi connectivity index (χ2v) is 4.66. The van der Waals surface area contributed by atoms with Gasteiger partial charge in [0.05, 0.1) is 13.2 Å². The molecule has 64 valence electrons. The smallest absolute Gasteiger partial charge is 0.0623 e. The standard InChI is InChI=1S/C9H17NO/c1-9(2,3)10-7-4-8(10)6-11-5-7/h7-8H,4-6H2,1-3H3. The molecule has 0 aromatic rings. The summed E-state index contributed by atoms with van der Waals surface area (Å²) >= 11 is 0. The molecular formula is C9H17NO. The minimum atomic E-state index is 0.345. The van der Waals surface area contributed by atoms with Crippen LogP contribution >= 0.6 is 0 Å². The Labute approximate surface area is 68.5 Å². The largest absolute Gasteiger partial charge is 0.378 e. The van der Waals surface area contributed by atoms with Gasteiger partial charge in [-0.2, -0.15) is 0 Å². The SMILES string of the molecule is CC(C)(C)N1C2COCC1C2. The molecule has 0 aromatic heterocycles. The number of fused-ring (bicyclic) bond motifs is 2. The third-order valence-corrected chi connectivity index (χ3v) is 2.73. The fraction of sp³-hybridized carbons (Fsp3) is 1.00. The summed E-state index contributed by atoms with van der Waals surface area (Å²) in [5, 5.41) is 0. The van der Waals surface area contributed by atoms with Crippen molar-refractivity contribution in [2.75, 3.05) is 13.2 Å². The van der Waals surface area contributed by atoms with Crippen LogP contribution in [0.25, 0.3) is 0 Å². The monoisotopic (exact) mass is 155 g/mol. The molecule has 2 nitrogen and oxygen atoms in total. The van der Waals surface area contributed by atoms with Crippen molar-refractivity contribution in [1.29, 1.82) is 0 Å². The molecule has 0 radical (unpaired) electrons. The van der Waals surface area contributed by atoms with Crippen LogP contribution in [0.4, 0.5) is 0 Å². The molecule has 3 saturated heterocycles. The van der Waals surface area contributed by atoms with E-state index in [2.05, 4.69) is 25.7 Å². The van der Waals surface area contributed by atoms with E-state index in [9.17, 15) is 0 Å². The number of hydrogen-bond acceptors (Lipinski definition) is 2. The Hall–Kier alpha value is -0.0800. The summed E-state index contributed by atoms with van der Waals surface area (Å²) in [6.07, 6.45) is 1.36. The van der Waals surface area contributed by atoms with Gasteiger partial charge >= 0.3 is 0 Å². The van der Waals surface area contributed by atoms with Crippen LogP contribution in [0.2, 0.25) is 0 Å². The lowest BCUT2D eigenvalue weighted by Crippen LogP contribution is -2.69. The summed E-state index contributed by atoms with van der Waals surface area (Å²) in [5.41, 5.74) is 0.345. The molecule has 2 heteroatoms. The van der Waals surface area contributed by atoms with Gasteiger partial charge in [0, 0.05) is 17.6 Å². The van der Waals surface area contributed by atoms with Gasteiger partial charge in [0.2, 0.25) is 0 Å². The molecule has 11 heavy (non-hydrogen) atoms. The Bertz CT molecular complexity index is 147. The lowest BCUT2D eigenvalue weighted by Gasteiger charge is -2.58. The summed E-state index contributed by atoms with van der Waals surface area (Å²) in [6.45, 7) is 8.77. The topological polar surface area (TPSA) is 12.5 Å². The molecule has 3 fully saturated rings. The molecule has 0 aliphatic carbocycles. The van der Waals surface area contributed by atoms with Gasteiger partial charge in [0.1, 0.15) is 0 Å². The normalized spacial score (nSPS) is 38.5. The summed E-state index contributed by atoms with van der Waals surface area (Å²) in [6, 6.07) is 1.43. The number of nitrogens with zero attached hydrogens (tertiary/aromatic N) is 1. The van der Waals surface area contributed by atoms with Crippen LogP contribution in [0.1, 0.15) is 27.2 Å². The first-order valence-corrected chi connectivity index (χ1v) is 4.45. The predicted octanol–water partition coefficient (Wildman–Crippen LogP) is 1.26. The average Bonchev–Trinajstić information content (AvgIpc) is 1.85. The fourth-order valence-corrected chi connectivity index (χ4v) is 2.43. The van der Waals surface area contributed by atoms with Crippen LogP contribution in [0, 0.1) is 0 Å². The van der Waals surface area contributed by atoms with Gasteiger partial charge in [-0.25, -0.2) is 0 Å². The Morgan fingerprint density at radius 1 is 1.18 bits per heavy atom. The van der Waals surface area contributed by atoms with E-state index in [-0.39, 0.29) is 0 Å². The van der Waals surface area contributed by atoms with Gasteiger partial charge in [-0.05, 0) is 27.2 Å². The average molecular weight is 155 g/mol. The van der Waals surface area contributed by atoms with Crippen molar-refractivity contribution in [2.45, 2.75) is 44.8 Å². The number of ether oxygens (including phenoxy) is 1. The van der Waals surface area contributed by atoms with E-state index in [1.165, 1.54) is 6.42 Å². The first-order valence-electron chi connectivity index (χ1n) is 4.45. The minimum Gasteiger partial charge on any atom is -0.378 e. The fourth-order valence-electron chi connectivity index (χ4n) is 2.43. The molecule has 2 bridgehead atoms. The number of morpholine rings is 1. The Balaban J connectivity index is 2.06. The van der Waals surface area contributed by atoms with E-state index < -0.39 is 0 Å². The van der Waals surface area contributed by atoms with Gasteiger partial charge in [-0.15, -0.1) is 0 Å². The van der Waals surface area contributed by atoms with Gasteiger partial charge in [0.15, 0.2) is 0 Å². The summed E-state index contributed by atoms with van der Waals surface area (Å²) < 4.78 is 5.42. The maximum Gasteiger partial charge on any atom is 0.0623 e. The zero-order valence-electron chi connectivity index (χ0n) is 7.63. The highest BCUT2D eigenvalue weighted by atomic mass is 16.5. The Morgan fingerprint density at radius 3 is 2.00 bits per heavy atom. The van der Waals surface area contributed by atoms with Crippen molar-refractivity contribution in [1.82, 2.24) is 4.90 Å². The number of rotatable bonds is 0. The minimum absolute atomic E-state index is 0.345. The maximum absolute atomic E-state index is 5.42. The van der Waals surface area contributed by atoms with Crippen molar-refractivity contribution < 1.29 is 4.74 Å². The Kier molecular flexibility index (Phi) is 1.52. The zero-order valence-corrected chi connectivity index (χ0v) is 7.63. The van der Waals surface area contributed by atoms with Crippen LogP contribution < -0.4 is 0 Å². The lowest BCUT2D eigenvalue weighted by molar-refractivity contribution is -0.164. The van der Waals surface area contributed by atoms with Crippen molar-refractivity contribution in [3.63, 3.8) is 0 Å². The van der Waals surface area contributed by atoms with Crippen molar-refractivity contribution in [3.8, 4) is 0 Å². The molecule has 3 aliphatic rings. The van der Waals surface area contributed by atoms with E-state index in [4.69, 9.17) is 4.74 Å². The van der Waals surface area contributed by atoms with Crippen LogP contribution in [-0.4, -0.2) is 35.7 Å². The highest BCUT2D eigenvalue weighted by Crippen LogP contribution is 2.36. The van der Waals surface area contributed by atoms with Gasteiger partial charge < -0.3 is 4.74 Å². The predicted molar refractivity (Wildman–Crippen MR) is 44.6 cm³/mol. The molecule has 0 aromatic carbocycles. The summed E-state index contributed by atoms with van der Waals surface area (Å²) in [5.74, 6) is 0. The number of hydrogen-bond donors (Lipinski definition) is 0. The van der Waals surface area contributed by atoms with Crippen LogP contribution in [-0.2, 0) is 4.74 Å². The van der Waals surface area contributed by atoms with E-state index in [0.29, 0.717) is 17.6 Å². The first-order chi connectivity index (χ1) is 5.09. The maximum atomic E-state index is 5.42. The van der Waals surface area contributed by atoms with Crippen LogP contribution in [0.15, 0.2) is 0 Å². The van der Waals surface area contributed by atoms with Gasteiger partial charge in [-0.3, -0.25) is 4.90 Å². The molecule has 0 amide bonds. The summed E-state index contributed by atoms with van der Waals surface area (Å²) in [4.78, 5) is 2.59. The third-order valence-electron chi connectivity index (χ3n) is 2.73. The van der Waals surface area contributed by atoms with Crippen molar-refractivity contribution >= 4 is 0 Å². The highest BCUT2D eigenvalue weighted by molar-refractivity contribution is 5.01. The Morgan fingerprint density at radius 2 is 1.73 bits per heavy atom. The molecule has 3 aliphatic heterocycles. The van der Waals surface area contributed by atoms with E-state index in [1.54, 1.807) is 0 Å². The van der Waals surface area contributed by atoms with E-state index in [1.807, 2.05) is 0 Å². The molecular weight excluding hydrogens is 138 g/mol. The second kappa shape index (κ2) is 2.20. The highest BCUT2D eigenvalue weighted by Gasteiger charge is 2.47. The third kappa shape index (κ3) is 1.09. The second-order valence-electron chi connectivity index (χ2n) is 4.66. The molecule has 0 spiro atoms. The molecule has 2 atom stereocenters. The first kappa shape index (κ1) is 7.56. The van der Waals surface area contributed by atoms with Gasteiger partial charge in [-0.1, -0.05) is 0 Å². The molecule has 2 unspecified atom stereocenters. The zero-order chi connectivity index (χ0) is 8.06. The van der Waals surface area contributed by atoms with Crippen LogP contribution in [0.5, 0.6) is 0 Å². The molecule has 3 heterocycles. The molecule has 0 N–H and O–H groups in total. The van der Waals surface area contributed by atoms with Crippen molar-refractivity contribution in [2.24, 2.45) is 0 Å². The van der Waals surface area contributed by atoms with E-state index >= 15 is 0 Å². The van der Waals surface area contributed by atoms with Crippen LogP contribution in [0.3, 0.4) is 0 Å². The van der Waals surface area contributed by atoms with E-state index in [0.717, 1.165) is 13.2 Å². The van der Waals surface area contributed by atoms with Crippen molar-refractivity contribution in [3.05, 3.63) is 0 Å². The summed E-state index contributed by atoms with van der Waals surface area (Å²) in [7, 11) is 0. The molecule has 3 rings (SSSR count). The molecule has 0 saturated carbocycles. The quantitative estimate of drug-likeness (QED) is 0.522. The van der Waals surface area contributed by atoms with Gasteiger partial charge in [0.25, 0.3) is 0 Å².